The zero-order chi connectivity index (χ0) is 20.9. The second-order valence-corrected chi connectivity index (χ2v) is 8.41. The molecule has 2 fully saturated rings. The van der Waals surface area contributed by atoms with E-state index in [9.17, 15) is 9.18 Å². The first-order valence-electron chi connectivity index (χ1n) is 10.9. The van der Waals surface area contributed by atoms with Gasteiger partial charge in [0.2, 0.25) is 0 Å². The van der Waals surface area contributed by atoms with Crippen molar-refractivity contribution < 1.29 is 9.18 Å². The van der Waals surface area contributed by atoms with Crippen LogP contribution in [0.5, 0.6) is 0 Å². The molecule has 5 nitrogen and oxygen atoms in total. The van der Waals surface area contributed by atoms with E-state index in [-0.39, 0.29) is 11.7 Å². The van der Waals surface area contributed by atoms with Gasteiger partial charge >= 0.3 is 0 Å². The molecule has 0 aromatic heterocycles. The Morgan fingerprint density at radius 2 is 1.67 bits per heavy atom. The summed E-state index contributed by atoms with van der Waals surface area (Å²) in [5.41, 5.74) is 2.92. The Hall–Kier alpha value is -2.44. The Morgan fingerprint density at radius 3 is 2.33 bits per heavy atom. The van der Waals surface area contributed by atoms with Gasteiger partial charge in [-0.3, -0.25) is 4.79 Å². The Kier molecular flexibility index (Phi) is 6.65. The fourth-order valence-electron chi connectivity index (χ4n) is 4.18. The molecule has 4 rings (SSSR count). The first-order chi connectivity index (χ1) is 14.6. The average molecular weight is 411 g/mol. The van der Waals surface area contributed by atoms with Crippen molar-refractivity contribution >= 4 is 17.3 Å². The lowest BCUT2D eigenvalue weighted by Gasteiger charge is -2.32. The quantitative estimate of drug-likeness (QED) is 0.792. The first-order valence-corrected chi connectivity index (χ1v) is 10.9. The number of nitrogens with one attached hydrogen (secondary N) is 1. The first kappa shape index (κ1) is 20.8. The molecule has 30 heavy (non-hydrogen) atoms. The molecule has 0 radical (unpaired) electrons. The van der Waals surface area contributed by atoms with Gasteiger partial charge in [0.15, 0.2) is 0 Å². The number of halogens is 1. The van der Waals surface area contributed by atoms with E-state index in [1.165, 1.54) is 11.6 Å². The maximum absolute atomic E-state index is 14.5. The summed E-state index contributed by atoms with van der Waals surface area (Å²) in [4.78, 5) is 19.4. The molecule has 2 heterocycles. The number of anilines is 2. The number of likely N-dealkylation sites (N-methyl/N-ethyl adjacent to an activating group) is 1. The van der Waals surface area contributed by atoms with Gasteiger partial charge in [0.25, 0.3) is 5.91 Å². The molecular formula is C24H31FN4O. The second-order valence-electron chi connectivity index (χ2n) is 8.41. The Morgan fingerprint density at radius 1 is 0.967 bits per heavy atom. The van der Waals surface area contributed by atoms with Crippen molar-refractivity contribution in [1.29, 1.82) is 0 Å². The summed E-state index contributed by atoms with van der Waals surface area (Å²) in [6, 6.07) is 12.7. The van der Waals surface area contributed by atoms with Gasteiger partial charge in [-0.25, -0.2) is 4.39 Å². The van der Waals surface area contributed by atoms with Crippen LogP contribution in [0.3, 0.4) is 0 Å². The maximum atomic E-state index is 14.5. The summed E-state index contributed by atoms with van der Waals surface area (Å²) >= 11 is 0. The molecule has 1 amide bonds. The smallest absolute Gasteiger partial charge is 0.255 e. The molecule has 160 valence electrons. The number of hydrogen-bond acceptors (Lipinski definition) is 4. The largest absolute Gasteiger partial charge is 0.369 e. The summed E-state index contributed by atoms with van der Waals surface area (Å²) in [6.45, 7) is 7.32. The molecule has 1 N–H and O–H groups in total. The highest BCUT2D eigenvalue weighted by Gasteiger charge is 2.18. The molecule has 0 spiro atoms. The SMILES string of the molecule is CN1CCN(CCc2ccc(NC(=O)c3ccc(N4CCCC4)c(F)c3)cc2)CC1. The van der Waals surface area contributed by atoms with Crippen LogP contribution in [0, 0.1) is 5.82 Å². The summed E-state index contributed by atoms with van der Waals surface area (Å²) in [6.07, 6.45) is 3.18. The number of rotatable bonds is 6. The third kappa shape index (κ3) is 5.18. The van der Waals surface area contributed by atoms with Crippen molar-refractivity contribution in [1.82, 2.24) is 9.80 Å². The van der Waals surface area contributed by atoms with Crippen LogP contribution < -0.4 is 10.2 Å². The van der Waals surface area contributed by atoms with E-state index in [0.29, 0.717) is 11.3 Å². The lowest BCUT2D eigenvalue weighted by molar-refractivity contribution is 0.102. The van der Waals surface area contributed by atoms with Crippen LogP contribution in [0.2, 0.25) is 0 Å². The highest BCUT2D eigenvalue weighted by Crippen LogP contribution is 2.25. The van der Waals surface area contributed by atoms with E-state index < -0.39 is 0 Å². The van der Waals surface area contributed by atoms with E-state index in [0.717, 1.165) is 70.8 Å². The number of benzene rings is 2. The van der Waals surface area contributed by atoms with Gasteiger partial charge in [-0.2, -0.15) is 0 Å². The number of hydrogen-bond donors (Lipinski definition) is 1. The van der Waals surface area contributed by atoms with Gasteiger partial charge in [-0.1, -0.05) is 12.1 Å². The maximum Gasteiger partial charge on any atom is 0.255 e. The number of carbonyl (C=O) groups excluding carboxylic acids is 1. The van der Waals surface area contributed by atoms with Gasteiger partial charge in [0.05, 0.1) is 5.69 Å². The lowest BCUT2D eigenvalue weighted by atomic mass is 10.1. The van der Waals surface area contributed by atoms with Gasteiger partial charge in [0.1, 0.15) is 5.82 Å². The molecule has 2 aromatic rings. The molecule has 0 aliphatic carbocycles. The lowest BCUT2D eigenvalue weighted by Crippen LogP contribution is -2.45. The molecule has 2 saturated heterocycles. The minimum atomic E-state index is -0.330. The van der Waals surface area contributed by atoms with Crippen LogP contribution in [-0.2, 0) is 6.42 Å². The Bertz CT molecular complexity index is 856. The van der Waals surface area contributed by atoms with E-state index in [2.05, 4.69) is 34.3 Å². The fraction of sp³-hybridized carbons (Fsp3) is 0.458. The molecule has 0 bridgehead atoms. The summed E-state index contributed by atoms with van der Waals surface area (Å²) in [5.74, 6) is -0.615. The second kappa shape index (κ2) is 9.58. The van der Waals surface area contributed by atoms with Crippen LogP contribution in [0.1, 0.15) is 28.8 Å². The number of amides is 1. The summed E-state index contributed by atoms with van der Waals surface area (Å²) in [7, 11) is 2.17. The third-order valence-corrected chi connectivity index (χ3v) is 6.18. The predicted octanol–water partition coefficient (Wildman–Crippen LogP) is 3.47. The topological polar surface area (TPSA) is 38.8 Å². The highest BCUT2D eigenvalue weighted by molar-refractivity contribution is 6.04. The number of carbonyl (C=O) groups is 1. The van der Waals surface area contributed by atoms with Crippen LogP contribution in [0.25, 0.3) is 0 Å². The van der Waals surface area contributed by atoms with Crippen molar-refractivity contribution in [3.05, 3.63) is 59.4 Å². The highest BCUT2D eigenvalue weighted by atomic mass is 19.1. The molecular weight excluding hydrogens is 379 g/mol. The molecule has 2 aliphatic heterocycles. The summed E-state index contributed by atoms with van der Waals surface area (Å²) < 4.78 is 14.5. The molecule has 2 aromatic carbocycles. The van der Waals surface area contributed by atoms with Crippen molar-refractivity contribution in [2.75, 3.05) is 63.1 Å². The van der Waals surface area contributed by atoms with E-state index in [4.69, 9.17) is 0 Å². The number of nitrogens with zero attached hydrogens (tertiary/aromatic N) is 3. The predicted molar refractivity (Wildman–Crippen MR) is 120 cm³/mol. The average Bonchev–Trinajstić information content (AvgIpc) is 3.29. The molecule has 6 heteroatoms. The summed E-state index contributed by atoms with van der Waals surface area (Å²) in [5, 5.41) is 2.88. The monoisotopic (exact) mass is 410 g/mol. The molecule has 0 atom stereocenters. The van der Waals surface area contributed by atoms with Crippen LogP contribution in [0.4, 0.5) is 15.8 Å². The van der Waals surface area contributed by atoms with Gasteiger partial charge in [-0.15, -0.1) is 0 Å². The van der Waals surface area contributed by atoms with Gasteiger partial charge in [-0.05, 0) is 62.2 Å². The zero-order valence-corrected chi connectivity index (χ0v) is 17.7. The minimum Gasteiger partial charge on any atom is -0.369 e. The molecule has 2 aliphatic rings. The van der Waals surface area contributed by atoms with Crippen LogP contribution in [0.15, 0.2) is 42.5 Å². The van der Waals surface area contributed by atoms with Gasteiger partial charge in [0, 0.05) is 57.1 Å². The van der Waals surface area contributed by atoms with E-state index >= 15 is 0 Å². The number of piperazine rings is 1. The zero-order valence-electron chi connectivity index (χ0n) is 17.7. The third-order valence-electron chi connectivity index (χ3n) is 6.18. The van der Waals surface area contributed by atoms with Crippen LogP contribution >= 0.6 is 0 Å². The molecule has 0 unspecified atom stereocenters. The standard InChI is InChI=1S/C24H31FN4O/c1-27-14-16-28(17-15-27)13-10-19-4-7-21(8-5-19)26-24(30)20-6-9-23(22(25)18-20)29-11-2-3-12-29/h4-9,18H,2-3,10-17H2,1H3,(H,26,30). The van der Waals surface area contributed by atoms with Gasteiger partial charge < -0.3 is 20.0 Å². The molecule has 0 saturated carbocycles. The van der Waals surface area contributed by atoms with E-state index in [1.54, 1.807) is 12.1 Å². The Labute approximate surface area is 178 Å². The Balaban J connectivity index is 1.30. The van der Waals surface area contributed by atoms with Crippen molar-refractivity contribution in [2.24, 2.45) is 0 Å². The fourth-order valence-corrected chi connectivity index (χ4v) is 4.18. The normalized spacial score (nSPS) is 18.0. The van der Waals surface area contributed by atoms with Crippen LogP contribution in [-0.4, -0.2) is 68.6 Å². The van der Waals surface area contributed by atoms with E-state index in [1.807, 2.05) is 17.0 Å². The van der Waals surface area contributed by atoms with Crippen molar-refractivity contribution in [3.63, 3.8) is 0 Å². The van der Waals surface area contributed by atoms with Crippen molar-refractivity contribution in [2.45, 2.75) is 19.3 Å². The minimum absolute atomic E-state index is 0.285. The van der Waals surface area contributed by atoms with Crippen molar-refractivity contribution in [3.8, 4) is 0 Å².